The first-order valence-electron chi connectivity index (χ1n) is 0.707. The molecule has 0 aromatic carbocycles. The van der Waals surface area contributed by atoms with Crippen LogP contribution in [0.5, 0.6) is 0 Å². The largest absolute Gasteiger partial charge is 0.358 e. The summed E-state index contributed by atoms with van der Waals surface area (Å²) in [6, 6.07) is 0. The van der Waals surface area contributed by atoms with E-state index in [-0.39, 0.29) is 109 Å². The molecule has 0 N–H and O–H groups in total. The van der Waals surface area contributed by atoms with E-state index in [1.807, 2.05) is 0 Å². The van der Waals surface area contributed by atoms with E-state index in [0.717, 1.165) is 0 Å². The maximum absolute atomic E-state index is 3.25. The molecule has 68 valence electrons. The quantitative estimate of drug-likeness (QED) is 0.521. The minimum atomic E-state index is 0. The Morgan fingerprint density at radius 2 is 0.700 bits per heavy atom. The molecule has 0 unspecified atom stereocenters. The summed E-state index contributed by atoms with van der Waals surface area (Å²) in [7, 11) is 0. The van der Waals surface area contributed by atoms with Gasteiger partial charge in [0.25, 0.3) is 0 Å². The Kier molecular flexibility index (Phi) is 3050. The van der Waals surface area contributed by atoms with E-state index in [1.165, 1.54) is 0 Å². The van der Waals surface area contributed by atoms with Gasteiger partial charge in [-0.1, -0.05) is 0 Å². The summed E-state index contributed by atoms with van der Waals surface area (Å²) in [6.07, 6.45) is 0. The second kappa shape index (κ2) is 217. The third-order valence-electron chi connectivity index (χ3n) is 0. The molecule has 0 aromatic rings. The van der Waals surface area contributed by atoms with Crippen LogP contribution in [0, 0.1) is 44.1 Å². The summed E-state index contributed by atoms with van der Waals surface area (Å²) < 4.78 is 0. The zero-order chi connectivity index (χ0) is 2.00. The molecule has 0 rings (SSSR count). The van der Waals surface area contributed by atoms with Crippen LogP contribution in [0.15, 0.2) is 0 Å². The Bertz CT molecular complexity index is 13.6. The Balaban J connectivity index is -0.000000000179. The molecule has 0 aliphatic carbocycles. The Labute approximate surface area is 122 Å². The first-order chi connectivity index (χ1) is 1.00. The molecule has 0 aliphatic heterocycles. The first-order valence-corrected chi connectivity index (χ1v) is 0.707. The second-order valence-corrected chi connectivity index (χ2v) is 0. The van der Waals surface area contributed by atoms with Crippen molar-refractivity contribution in [2.45, 2.75) is 6.92 Å². The zero-order valence-corrected chi connectivity index (χ0v) is 15.3. The molecule has 2 radical (unpaired) electrons. The predicted molar refractivity (Wildman–Crippen MR) is 43.1 cm³/mol. The van der Waals surface area contributed by atoms with Crippen molar-refractivity contribution in [2.75, 3.05) is 0 Å². The van der Waals surface area contributed by atoms with Gasteiger partial charge >= 0.3 is 0 Å². The molecule has 0 amide bonds. The number of hydrogen-bond acceptors (Lipinski definition) is 0. The van der Waals surface area contributed by atoms with Crippen molar-refractivity contribution in [3.63, 3.8) is 0 Å². The van der Waals surface area contributed by atoms with E-state index < -0.39 is 0 Å². The van der Waals surface area contributed by atoms with Crippen molar-refractivity contribution in [1.82, 2.24) is 0 Å². The Hall–Kier alpha value is 2.38. The van der Waals surface area contributed by atoms with Gasteiger partial charge in [-0.15, -0.1) is 0 Å². The molecule has 0 saturated heterocycles. The van der Waals surface area contributed by atoms with Gasteiger partial charge in [0.15, 0.2) is 0 Å². The standard InChI is InChI=1S/C2H5.5CH3.V.W.Y/c1-2;;;;;;;;/h1H2,2H3;5*1H3;;;/q6*-1;;;. The summed E-state index contributed by atoms with van der Waals surface area (Å²) in [5.74, 6) is 0. The molecule has 0 aromatic heterocycles. The number of hydrogen-bond donors (Lipinski definition) is 0. The summed E-state index contributed by atoms with van der Waals surface area (Å²) in [6.45, 7) is 5.00. The molecule has 0 saturated carbocycles. The topological polar surface area (TPSA) is 0 Å². The van der Waals surface area contributed by atoms with Crippen molar-refractivity contribution in [1.29, 1.82) is 0 Å². The van der Waals surface area contributed by atoms with Gasteiger partial charge in [-0.25, -0.2) is 0 Å². The Morgan fingerprint density at radius 3 is 0.700 bits per heavy atom. The predicted octanol–water partition coefficient (Wildman–Crippen LogP) is 3.08. The smallest absolute Gasteiger partial charge is 0 e. The van der Waals surface area contributed by atoms with Crippen LogP contribution >= 0.6 is 0 Å². The summed E-state index contributed by atoms with van der Waals surface area (Å²) >= 11 is 0. The van der Waals surface area contributed by atoms with Gasteiger partial charge in [-0.2, -0.15) is 6.92 Å². The van der Waals surface area contributed by atoms with E-state index >= 15 is 0 Å². The van der Waals surface area contributed by atoms with Crippen molar-refractivity contribution in [3.8, 4) is 0 Å². The van der Waals surface area contributed by atoms with Gasteiger partial charge in [0.2, 0.25) is 0 Å². The van der Waals surface area contributed by atoms with Crippen LogP contribution in [0.25, 0.3) is 0 Å². The van der Waals surface area contributed by atoms with Crippen LogP contribution in [0.3, 0.4) is 0 Å². The van der Waals surface area contributed by atoms with Gasteiger partial charge in [0.1, 0.15) is 0 Å². The third-order valence-corrected chi connectivity index (χ3v) is 0. The molecule has 0 atom stereocenters. The average molecular weight is 428 g/mol. The molecular formula is C7H20VWY-6. The minimum absolute atomic E-state index is 0. The Morgan fingerprint density at radius 1 is 0.700 bits per heavy atom. The SMILES string of the molecule is [CH2-]C.[CH3-].[CH3-].[CH3-].[CH3-].[CH3-].[V].[W].[Y]. The van der Waals surface area contributed by atoms with Gasteiger partial charge in [-0.3, -0.25) is 0 Å². The van der Waals surface area contributed by atoms with E-state index in [1.54, 1.807) is 6.92 Å². The van der Waals surface area contributed by atoms with Crippen molar-refractivity contribution >= 4 is 0 Å². The fourth-order valence-corrected chi connectivity index (χ4v) is 0. The molecule has 3 heteroatoms. The van der Waals surface area contributed by atoms with Crippen LogP contribution in [-0.2, 0) is 72.3 Å². The van der Waals surface area contributed by atoms with Crippen molar-refractivity contribution in [2.24, 2.45) is 0 Å². The van der Waals surface area contributed by atoms with Crippen LogP contribution in [0.2, 0.25) is 0 Å². The third kappa shape index (κ3) is 162. The molecule has 0 bridgehead atoms. The molecule has 0 aliphatic rings. The van der Waals surface area contributed by atoms with E-state index in [0.29, 0.717) is 0 Å². The maximum atomic E-state index is 3.25. The zero-order valence-electron chi connectivity index (χ0n) is 8.14. The minimum Gasteiger partial charge on any atom is -0.358 e. The summed E-state index contributed by atoms with van der Waals surface area (Å²) in [5, 5.41) is 0. The van der Waals surface area contributed by atoms with E-state index in [9.17, 15) is 0 Å². The summed E-state index contributed by atoms with van der Waals surface area (Å²) in [5.41, 5.74) is 0. The molecule has 0 heterocycles. The van der Waals surface area contributed by atoms with Crippen LogP contribution in [0.4, 0.5) is 0 Å². The molecule has 0 fully saturated rings. The van der Waals surface area contributed by atoms with Gasteiger partial charge in [-0.05, 0) is 0 Å². The molecular weight excluding hydrogens is 408 g/mol. The fourth-order valence-electron chi connectivity index (χ4n) is 0. The van der Waals surface area contributed by atoms with E-state index in [4.69, 9.17) is 0 Å². The van der Waals surface area contributed by atoms with Crippen molar-refractivity contribution < 1.29 is 72.3 Å². The molecule has 0 spiro atoms. The molecule has 10 heavy (non-hydrogen) atoms. The van der Waals surface area contributed by atoms with E-state index in [2.05, 4.69) is 6.92 Å². The second-order valence-electron chi connectivity index (χ2n) is 0. The van der Waals surface area contributed by atoms with Crippen LogP contribution in [-0.4, -0.2) is 0 Å². The van der Waals surface area contributed by atoms with Gasteiger partial charge < -0.3 is 44.1 Å². The normalized spacial score (nSPS) is 0.600. The summed E-state index contributed by atoms with van der Waals surface area (Å²) in [4.78, 5) is 0. The van der Waals surface area contributed by atoms with Gasteiger partial charge in [0.05, 0.1) is 0 Å². The first kappa shape index (κ1) is 140. The van der Waals surface area contributed by atoms with Gasteiger partial charge in [0, 0.05) is 72.3 Å². The monoisotopic (exact) mass is 428 g/mol. The average Bonchev–Trinajstić information content (AvgIpc) is 1.00. The van der Waals surface area contributed by atoms with Crippen LogP contribution in [0.1, 0.15) is 6.92 Å². The van der Waals surface area contributed by atoms with Crippen molar-refractivity contribution in [3.05, 3.63) is 44.1 Å². The molecule has 0 nitrogen and oxygen atoms in total. The fraction of sp³-hybridized carbons (Fsp3) is 0.143. The maximum Gasteiger partial charge on any atom is 0 e. The van der Waals surface area contributed by atoms with Crippen LogP contribution < -0.4 is 0 Å². The number of rotatable bonds is 0.